The highest BCUT2D eigenvalue weighted by Gasteiger charge is 2.12. The molecule has 0 N–H and O–H groups in total. The Morgan fingerprint density at radius 3 is 2.12 bits per heavy atom. The molecule has 166 valence electrons. The number of carbonyl (C=O) groups excluding carboxylic acids is 3. The molecule has 0 unspecified atom stereocenters. The van der Waals surface area contributed by atoms with E-state index in [1.165, 1.54) is 0 Å². The molecule has 0 spiro atoms. The van der Waals surface area contributed by atoms with E-state index in [2.05, 4.69) is 13.2 Å². The third-order valence-corrected chi connectivity index (χ3v) is 5.61. The van der Waals surface area contributed by atoms with Crippen molar-refractivity contribution < 1.29 is 23.9 Å². The number of benzene rings is 3. The maximum Gasteiger partial charge on any atom is 0.342 e. The van der Waals surface area contributed by atoms with Crippen molar-refractivity contribution in [2.75, 3.05) is 0 Å². The fraction of sp³-hybridized carbons (Fsp3) is 0.0741. The van der Waals surface area contributed by atoms with Crippen LogP contribution in [-0.4, -0.2) is 17.1 Å². The second-order valence-electron chi connectivity index (χ2n) is 7.21. The summed E-state index contributed by atoms with van der Waals surface area (Å²) >= 11 is 1.11. The van der Waals surface area contributed by atoms with Gasteiger partial charge in [-0.25, -0.2) is 9.59 Å². The Bertz CT molecular complexity index is 1220. The number of carbonyl (C=O) groups is 3. The quantitative estimate of drug-likeness (QED) is 0.135. The van der Waals surface area contributed by atoms with Crippen molar-refractivity contribution in [3.8, 4) is 16.9 Å². The summed E-state index contributed by atoms with van der Waals surface area (Å²) in [6.07, 6.45) is 1.11. The van der Waals surface area contributed by atoms with E-state index < -0.39 is 11.9 Å². The molecule has 0 atom stereocenters. The molecular formula is C27H22O5S. The summed E-state index contributed by atoms with van der Waals surface area (Å²) in [4.78, 5) is 36.8. The summed E-state index contributed by atoms with van der Waals surface area (Å²) in [5.41, 5.74) is 4.13. The maximum absolute atomic E-state index is 12.6. The molecular weight excluding hydrogens is 436 g/mol. The number of aryl methyl sites for hydroxylation is 1. The minimum atomic E-state index is -0.509. The highest BCUT2D eigenvalue weighted by atomic mass is 32.2. The Hall–Kier alpha value is -3.90. The second-order valence-corrected chi connectivity index (χ2v) is 8.26. The van der Waals surface area contributed by atoms with Crippen LogP contribution in [-0.2, 0) is 9.53 Å². The molecule has 0 aromatic heterocycles. The van der Waals surface area contributed by atoms with E-state index in [4.69, 9.17) is 9.47 Å². The van der Waals surface area contributed by atoms with Crippen LogP contribution in [0.3, 0.4) is 0 Å². The van der Waals surface area contributed by atoms with Crippen LogP contribution in [0.25, 0.3) is 11.1 Å². The summed E-state index contributed by atoms with van der Waals surface area (Å²) in [6.45, 7) is 10.4. The molecule has 0 bridgehead atoms. The smallest absolute Gasteiger partial charge is 0.342 e. The largest absolute Gasteiger partial charge is 0.432 e. The number of esters is 2. The maximum atomic E-state index is 12.6. The fourth-order valence-electron chi connectivity index (χ4n) is 2.98. The SMILES string of the molecule is C=COC(=O)c1ccc(-c2ccc(SC(=O)c3ccc(OC(=O)C(=C)C)cc3)cc2)c(C)c1. The lowest BCUT2D eigenvalue weighted by Gasteiger charge is -2.09. The van der Waals surface area contributed by atoms with Crippen molar-refractivity contribution in [2.24, 2.45) is 0 Å². The van der Waals surface area contributed by atoms with Gasteiger partial charge in [-0.15, -0.1) is 0 Å². The zero-order valence-corrected chi connectivity index (χ0v) is 19.1. The monoisotopic (exact) mass is 458 g/mol. The van der Waals surface area contributed by atoms with Crippen LogP contribution in [0.5, 0.6) is 5.75 Å². The van der Waals surface area contributed by atoms with E-state index in [1.807, 2.05) is 37.3 Å². The van der Waals surface area contributed by atoms with Crippen molar-refractivity contribution in [1.29, 1.82) is 0 Å². The van der Waals surface area contributed by atoms with Gasteiger partial charge in [0.1, 0.15) is 5.75 Å². The van der Waals surface area contributed by atoms with Gasteiger partial charge in [-0.2, -0.15) is 0 Å². The van der Waals surface area contributed by atoms with Gasteiger partial charge in [0.25, 0.3) is 0 Å². The van der Waals surface area contributed by atoms with E-state index in [9.17, 15) is 14.4 Å². The molecule has 33 heavy (non-hydrogen) atoms. The molecule has 0 amide bonds. The standard InChI is InChI=1S/C27H22O5S/c1-5-31-26(29)21-10-15-24(18(4)16-21)19-8-13-23(14-9-19)33-27(30)20-6-11-22(12-7-20)32-25(28)17(2)3/h5-16H,1-2H2,3-4H3. The summed E-state index contributed by atoms with van der Waals surface area (Å²) in [7, 11) is 0. The van der Waals surface area contributed by atoms with Gasteiger partial charge < -0.3 is 9.47 Å². The summed E-state index contributed by atoms with van der Waals surface area (Å²) < 4.78 is 9.95. The molecule has 6 heteroatoms. The molecule has 0 fully saturated rings. The lowest BCUT2D eigenvalue weighted by molar-refractivity contribution is -0.130. The summed E-state index contributed by atoms with van der Waals surface area (Å²) in [5, 5.41) is -0.123. The Balaban J connectivity index is 1.67. The second kappa shape index (κ2) is 10.6. The van der Waals surface area contributed by atoms with E-state index in [0.717, 1.165) is 39.6 Å². The number of hydrogen-bond acceptors (Lipinski definition) is 6. The average Bonchev–Trinajstić information content (AvgIpc) is 2.80. The zero-order chi connectivity index (χ0) is 24.0. The topological polar surface area (TPSA) is 69.7 Å². The predicted octanol–water partition coefficient (Wildman–Crippen LogP) is 6.38. The van der Waals surface area contributed by atoms with Crippen molar-refractivity contribution >= 4 is 28.8 Å². The normalized spacial score (nSPS) is 10.2. The Morgan fingerprint density at radius 1 is 0.909 bits per heavy atom. The lowest BCUT2D eigenvalue weighted by atomic mass is 9.98. The highest BCUT2D eigenvalue weighted by Crippen LogP contribution is 2.29. The van der Waals surface area contributed by atoms with Crippen LogP contribution >= 0.6 is 11.8 Å². The van der Waals surface area contributed by atoms with Gasteiger partial charge in [-0.3, -0.25) is 4.79 Å². The first kappa shape index (κ1) is 23.8. The fourth-order valence-corrected chi connectivity index (χ4v) is 3.72. The minimum Gasteiger partial charge on any atom is -0.432 e. The van der Waals surface area contributed by atoms with E-state index in [-0.39, 0.29) is 5.12 Å². The van der Waals surface area contributed by atoms with Gasteiger partial charge in [-0.05, 0) is 90.8 Å². The van der Waals surface area contributed by atoms with E-state index >= 15 is 0 Å². The van der Waals surface area contributed by atoms with Gasteiger partial charge >= 0.3 is 11.9 Å². The van der Waals surface area contributed by atoms with Gasteiger partial charge in [0.15, 0.2) is 0 Å². The Morgan fingerprint density at radius 2 is 1.55 bits per heavy atom. The van der Waals surface area contributed by atoms with Gasteiger partial charge in [0, 0.05) is 16.0 Å². The molecule has 0 aliphatic rings. The summed E-state index contributed by atoms with van der Waals surface area (Å²) in [5.74, 6) is -0.606. The van der Waals surface area contributed by atoms with Crippen LogP contribution in [0, 0.1) is 6.92 Å². The molecule has 0 aliphatic heterocycles. The number of ether oxygens (including phenoxy) is 2. The third-order valence-electron chi connectivity index (χ3n) is 4.68. The van der Waals surface area contributed by atoms with Crippen LogP contribution in [0.4, 0.5) is 0 Å². The van der Waals surface area contributed by atoms with E-state index in [0.29, 0.717) is 22.4 Å². The predicted molar refractivity (Wildman–Crippen MR) is 129 cm³/mol. The van der Waals surface area contributed by atoms with Gasteiger partial charge in [0.2, 0.25) is 5.12 Å². The van der Waals surface area contributed by atoms with Crippen molar-refractivity contribution in [3.05, 3.63) is 108 Å². The molecule has 3 aromatic rings. The minimum absolute atomic E-state index is 0.123. The Labute approximate surface area is 196 Å². The molecule has 0 saturated heterocycles. The molecule has 3 rings (SSSR count). The molecule has 0 aliphatic carbocycles. The molecule has 0 heterocycles. The zero-order valence-electron chi connectivity index (χ0n) is 18.3. The van der Waals surface area contributed by atoms with Crippen molar-refractivity contribution in [1.82, 2.24) is 0 Å². The number of hydrogen-bond donors (Lipinski definition) is 0. The van der Waals surface area contributed by atoms with Crippen LogP contribution in [0.1, 0.15) is 33.2 Å². The molecule has 3 aromatic carbocycles. The van der Waals surface area contributed by atoms with Crippen LogP contribution in [0.15, 0.2) is 96.6 Å². The average molecular weight is 459 g/mol. The first-order chi connectivity index (χ1) is 15.8. The summed E-state index contributed by atoms with van der Waals surface area (Å²) in [6, 6.07) is 19.3. The third kappa shape index (κ3) is 6.08. The van der Waals surface area contributed by atoms with Crippen LogP contribution in [0.2, 0.25) is 0 Å². The molecule has 5 nitrogen and oxygen atoms in total. The molecule has 0 radical (unpaired) electrons. The first-order valence-corrected chi connectivity index (χ1v) is 10.8. The first-order valence-electron chi connectivity index (χ1n) is 10.0. The van der Waals surface area contributed by atoms with Crippen molar-refractivity contribution in [2.45, 2.75) is 18.7 Å². The van der Waals surface area contributed by atoms with Crippen molar-refractivity contribution in [3.63, 3.8) is 0 Å². The Kier molecular flexibility index (Phi) is 7.64. The number of thioether (sulfide) groups is 1. The van der Waals surface area contributed by atoms with Gasteiger partial charge in [-0.1, -0.05) is 31.4 Å². The lowest BCUT2D eigenvalue weighted by Crippen LogP contribution is -2.08. The highest BCUT2D eigenvalue weighted by molar-refractivity contribution is 8.14. The van der Waals surface area contributed by atoms with Crippen LogP contribution < -0.4 is 4.74 Å². The van der Waals surface area contributed by atoms with Gasteiger partial charge in [0.05, 0.1) is 11.8 Å². The number of rotatable bonds is 7. The molecule has 0 saturated carbocycles. The van der Waals surface area contributed by atoms with E-state index in [1.54, 1.807) is 43.3 Å².